The Hall–Kier alpha value is -2.30. The van der Waals surface area contributed by atoms with Gasteiger partial charge in [-0.15, -0.1) is 0 Å². The molecule has 5 heteroatoms. The van der Waals surface area contributed by atoms with Crippen molar-refractivity contribution >= 4 is 5.69 Å². The highest BCUT2D eigenvalue weighted by molar-refractivity contribution is 5.56. The lowest BCUT2D eigenvalue weighted by Gasteiger charge is -2.10. The number of nitrogen functional groups attached to an aromatic ring is 1. The van der Waals surface area contributed by atoms with Crippen LogP contribution in [0, 0.1) is 13.8 Å². The molecular weight excluding hydrogens is 230 g/mol. The Morgan fingerprint density at radius 3 is 2.44 bits per heavy atom. The van der Waals surface area contributed by atoms with E-state index < -0.39 is 0 Å². The third-order valence-electron chi connectivity index (χ3n) is 2.70. The van der Waals surface area contributed by atoms with Gasteiger partial charge >= 0.3 is 0 Å². The summed E-state index contributed by atoms with van der Waals surface area (Å²) in [5.74, 6) is 1.29. The number of aryl methyl sites for hydroxylation is 2. The summed E-state index contributed by atoms with van der Waals surface area (Å²) in [6, 6.07) is 5.79. The van der Waals surface area contributed by atoms with Crippen molar-refractivity contribution in [2.45, 2.75) is 13.8 Å². The normalized spacial score (nSPS) is 10.2. The molecule has 18 heavy (non-hydrogen) atoms. The second kappa shape index (κ2) is 4.91. The standard InChI is InChI=1S/C13H15N3O2/c1-8-4-5-10(6-9(8)2)18-13-11(14)12(17-3)15-7-16-13/h4-7H,14H2,1-3H3. The van der Waals surface area contributed by atoms with Crippen LogP contribution in [0.4, 0.5) is 5.69 Å². The van der Waals surface area contributed by atoms with Crippen molar-refractivity contribution < 1.29 is 9.47 Å². The molecule has 1 aromatic carbocycles. The van der Waals surface area contributed by atoms with Gasteiger partial charge in [-0.05, 0) is 37.1 Å². The van der Waals surface area contributed by atoms with Crippen LogP contribution in [0.2, 0.25) is 0 Å². The average Bonchev–Trinajstić information content (AvgIpc) is 2.36. The second-order valence-corrected chi connectivity index (χ2v) is 3.95. The summed E-state index contributed by atoms with van der Waals surface area (Å²) in [5, 5.41) is 0. The maximum atomic E-state index is 5.83. The Kier molecular flexibility index (Phi) is 3.32. The molecule has 1 aromatic heterocycles. The number of nitrogens with two attached hydrogens (primary N) is 1. The van der Waals surface area contributed by atoms with Crippen LogP contribution in [0.3, 0.4) is 0 Å². The lowest BCUT2D eigenvalue weighted by atomic mass is 10.1. The SMILES string of the molecule is COc1ncnc(Oc2ccc(C)c(C)c2)c1N. The molecule has 0 bridgehead atoms. The third-order valence-corrected chi connectivity index (χ3v) is 2.70. The first-order valence-corrected chi connectivity index (χ1v) is 5.51. The summed E-state index contributed by atoms with van der Waals surface area (Å²) in [6.07, 6.45) is 1.35. The Morgan fingerprint density at radius 2 is 1.78 bits per heavy atom. The Labute approximate surface area is 106 Å². The number of hydrogen-bond acceptors (Lipinski definition) is 5. The molecule has 2 N–H and O–H groups in total. The van der Waals surface area contributed by atoms with Crippen molar-refractivity contribution in [3.63, 3.8) is 0 Å². The van der Waals surface area contributed by atoms with E-state index >= 15 is 0 Å². The van der Waals surface area contributed by atoms with E-state index in [1.54, 1.807) is 0 Å². The quantitative estimate of drug-likeness (QED) is 0.899. The number of anilines is 1. The molecule has 0 saturated carbocycles. The maximum absolute atomic E-state index is 5.83. The first kappa shape index (κ1) is 12.2. The fraction of sp³-hybridized carbons (Fsp3) is 0.231. The van der Waals surface area contributed by atoms with Crippen LogP contribution in [-0.2, 0) is 0 Å². The molecule has 0 aliphatic heterocycles. The Morgan fingerprint density at radius 1 is 1.06 bits per heavy atom. The van der Waals surface area contributed by atoms with Crippen LogP contribution < -0.4 is 15.2 Å². The predicted molar refractivity (Wildman–Crippen MR) is 69.0 cm³/mol. The average molecular weight is 245 g/mol. The summed E-state index contributed by atoms with van der Waals surface area (Å²) in [5.41, 5.74) is 8.47. The van der Waals surface area contributed by atoms with Gasteiger partial charge in [-0.2, -0.15) is 9.97 Å². The van der Waals surface area contributed by atoms with E-state index in [0.717, 1.165) is 5.56 Å². The molecule has 0 radical (unpaired) electrons. The first-order chi connectivity index (χ1) is 8.61. The number of methoxy groups -OCH3 is 1. The number of benzene rings is 1. The number of hydrogen-bond donors (Lipinski definition) is 1. The van der Waals surface area contributed by atoms with Crippen LogP contribution in [0.25, 0.3) is 0 Å². The van der Waals surface area contributed by atoms with Gasteiger partial charge in [0.1, 0.15) is 12.1 Å². The van der Waals surface area contributed by atoms with E-state index in [0.29, 0.717) is 23.2 Å². The zero-order chi connectivity index (χ0) is 13.1. The summed E-state index contributed by atoms with van der Waals surface area (Å²) in [6.45, 7) is 4.06. The molecule has 0 unspecified atom stereocenters. The monoisotopic (exact) mass is 245 g/mol. The van der Waals surface area contributed by atoms with Crippen molar-refractivity contribution in [1.29, 1.82) is 0 Å². The van der Waals surface area contributed by atoms with E-state index in [4.69, 9.17) is 15.2 Å². The van der Waals surface area contributed by atoms with Crippen LogP contribution >= 0.6 is 0 Å². The number of rotatable bonds is 3. The van der Waals surface area contributed by atoms with Gasteiger partial charge in [-0.3, -0.25) is 0 Å². The van der Waals surface area contributed by atoms with Gasteiger partial charge in [0.25, 0.3) is 0 Å². The van der Waals surface area contributed by atoms with Crippen LogP contribution in [0.15, 0.2) is 24.5 Å². The van der Waals surface area contributed by atoms with Gasteiger partial charge < -0.3 is 15.2 Å². The van der Waals surface area contributed by atoms with E-state index in [2.05, 4.69) is 9.97 Å². The molecule has 0 amide bonds. The van der Waals surface area contributed by atoms with E-state index in [9.17, 15) is 0 Å². The van der Waals surface area contributed by atoms with Crippen LogP contribution in [0.1, 0.15) is 11.1 Å². The molecule has 0 spiro atoms. The minimum absolute atomic E-state index is 0.290. The van der Waals surface area contributed by atoms with Crippen molar-refractivity contribution in [1.82, 2.24) is 9.97 Å². The summed E-state index contributed by atoms with van der Waals surface area (Å²) in [4.78, 5) is 7.89. The summed E-state index contributed by atoms with van der Waals surface area (Å²) >= 11 is 0. The highest BCUT2D eigenvalue weighted by Gasteiger charge is 2.10. The zero-order valence-electron chi connectivity index (χ0n) is 10.6. The molecule has 2 rings (SSSR count). The summed E-state index contributed by atoms with van der Waals surface area (Å²) < 4.78 is 10.6. The molecule has 0 saturated heterocycles. The van der Waals surface area contributed by atoms with E-state index in [1.807, 2.05) is 32.0 Å². The predicted octanol–water partition coefficient (Wildman–Crippen LogP) is 2.48. The van der Waals surface area contributed by atoms with Crippen molar-refractivity contribution in [2.75, 3.05) is 12.8 Å². The topological polar surface area (TPSA) is 70.3 Å². The highest BCUT2D eigenvalue weighted by Crippen LogP contribution is 2.30. The minimum Gasteiger partial charge on any atom is -0.479 e. The fourth-order valence-corrected chi connectivity index (χ4v) is 1.50. The van der Waals surface area contributed by atoms with Gasteiger partial charge in [0.15, 0.2) is 5.69 Å². The molecule has 0 fully saturated rings. The Balaban J connectivity index is 2.31. The number of aromatic nitrogens is 2. The van der Waals surface area contributed by atoms with Gasteiger partial charge in [0.2, 0.25) is 11.8 Å². The smallest absolute Gasteiger partial charge is 0.249 e. The largest absolute Gasteiger partial charge is 0.479 e. The maximum Gasteiger partial charge on any atom is 0.249 e. The van der Waals surface area contributed by atoms with E-state index in [-0.39, 0.29) is 0 Å². The molecule has 1 heterocycles. The van der Waals surface area contributed by atoms with Gasteiger partial charge in [-0.1, -0.05) is 6.07 Å². The van der Waals surface area contributed by atoms with Crippen LogP contribution in [0.5, 0.6) is 17.5 Å². The van der Waals surface area contributed by atoms with Gasteiger partial charge in [-0.25, -0.2) is 0 Å². The number of ether oxygens (including phenoxy) is 2. The van der Waals surface area contributed by atoms with Crippen molar-refractivity contribution in [2.24, 2.45) is 0 Å². The molecule has 94 valence electrons. The lowest BCUT2D eigenvalue weighted by Crippen LogP contribution is -2.00. The minimum atomic E-state index is 0.290. The fourth-order valence-electron chi connectivity index (χ4n) is 1.50. The molecular formula is C13H15N3O2. The van der Waals surface area contributed by atoms with E-state index in [1.165, 1.54) is 19.0 Å². The second-order valence-electron chi connectivity index (χ2n) is 3.95. The molecule has 2 aromatic rings. The van der Waals surface area contributed by atoms with Crippen molar-refractivity contribution in [3.05, 3.63) is 35.7 Å². The molecule has 0 aliphatic carbocycles. The zero-order valence-corrected chi connectivity index (χ0v) is 10.6. The molecule has 0 atom stereocenters. The van der Waals surface area contributed by atoms with Crippen molar-refractivity contribution in [3.8, 4) is 17.5 Å². The third kappa shape index (κ3) is 2.34. The molecule has 0 aliphatic rings. The summed E-state index contributed by atoms with van der Waals surface area (Å²) in [7, 11) is 1.50. The van der Waals surface area contributed by atoms with Crippen LogP contribution in [-0.4, -0.2) is 17.1 Å². The van der Waals surface area contributed by atoms with Gasteiger partial charge in [0.05, 0.1) is 7.11 Å². The first-order valence-electron chi connectivity index (χ1n) is 5.51. The highest BCUT2D eigenvalue weighted by atomic mass is 16.5. The van der Waals surface area contributed by atoms with Gasteiger partial charge in [0, 0.05) is 0 Å². The molecule has 5 nitrogen and oxygen atoms in total. The number of nitrogens with zero attached hydrogens (tertiary/aromatic N) is 2. The Bertz CT molecular complexity index is 570. The lowest BCUT2D eigenvalue weighted by molar-refractivity contribution is 0.391.